The summed E-state index contributed by atoms with van der Waals surface area (Å²) in [5, 5.41) is 4.66. The maximum Gasteiger partial charge on any atom is 0.241 e. The van der Waals surface area contributed by atoms with Gasteiger partial charge in [-0.05, 0) is 17.6 Å². The molecule has 3 rings (SSSR count). The fourth-order valence-electron chi connectivity index (χ4n) is 1.88. The molecule has 0 aliphatic rings. The van der Waals surface area contributed by atoms with Crippen molar-refractivity contribution in [3.05, 3.63) is 22.8 Å². The molecule has 0 amide bonds. The molecule has 3 aromatic rings. The van der Waals surface area contributed by atoms with Crippen LogP contribution in [0.25, 0.3) is 21.9 Å². The second kappa shape index (κ2) is 4.43. The summed E-state index contributed by atoms with van der Waals surface area (Å²) in [5.74, 6) is 0.501. The lowest BCUT2D eigenvalue weighted by atomic mass is 9.91. The molecule has 0 atom stereocenters. The van der Waals surface area contributed by atoms with Crippen molar-refractivity contribution < 1.29 is 4.42 Å². The van der Waals surface area contributed by atoms with Crippen LogP contribution >= 0.6 is 23.1 Å². The van der Waals surface area contributed by atoms with Crippen LogP contribution < -0.4 is 5.73 Å². The molecule has 20 heavy (non-hydrogen) atoms. The fraction of sp³-hybridized carbons (Fsp3) is 0.308. The van der Waals surface area contributed by atoms with Crippen LogP contribution in [0.5, 0.6) is 0 Å². The Labute approximate surface area is 124 Å². The predicted molar refractivity (Wildman–Crippen MR) is 81.0 cm³/mol. The number of hydrogen-bond acceptors (Lipinski definition) is 6. The Morgan fingerprint density at radius 1 is 1.30 bits per heavy atom. The van der Waals surface area contributed by atoms with E-state index < -0.39 is 0 Å². The van der Waals surface area contributed by atoms with E-state index in [2.05, 4.69) is 35.3 Å². The maximum absolute atomic E-state index is 6.00. The second-order valence-electron chi connectivity index (χ2n) is 5.56. The van der Waals surface area contributed by atoms with Crippen molar-refractivity contribution in [2.45, 2.75) is 26.2 Å². The minimum atomic E-state index is -0.125. The largest absolute Gasteiger partial charge is 0.435 e. The van der Waals surface area contributed by atoms with Gasteiger partial charge in [0.05, 0.1) is 16.4 Å². The van der Waals surface area contributed by atoms with Crippen molar-refractivity contribution in [1.82, 2.24) is 14.6 Å². The standard InChI is InChI=1S/C13H13ClN4OS/c1-13(2,3)11-10(20-18-17-11)12-16-8-4-6(14)7(15)5-9(8)19-12/h4-5H,15H2,1-3H3. The van der Waals surface area contributed by atoms with Crippen LogP contribution in [0.2, 0.25) is 5.02 Å². The van der Waals surface area contributed by atoms with E-state index in [4.69, 9.17) is 21.8 Å². The van der Waals surface area contributed by atoms with Gasteiger partial charge in [-0.1, -0.05) is 36.9 Å². The summed E-state index contributed by atoms with van der Waals surface area (Å²) < 4.78 is 9.78. The first kappa shape index (κ1) is 13.3. The van der Waals surface area contributed by atoms with E-state index in [0.717, 1.165) is 10.6 Å². The molecule has 0 spiro atoms. The number of nitrogens with zero attached hydrogens (tertiary/aromatic N) is 3. The Kier molecular flexibility index (Phi) is 2.95. The van der Waals surface area contributed by atoms with E-state index in [9.17, 15) is 0 Å². The molecule has 0 saturated heterocycles. The molecule has 2 heterocycles. The first-order chi connectivity index (χ1) is 9.36. The molecule has 0 radical (unpaired) electrons. The van der Waals surface area contributed by atoms with Crippen molar-refractivity contribution in [3.63, 3.8) is 0 Å². The molecule has 0 aliphatic carbocycles. The van der Waals surface area contributed by atoms with Crippen LogP contribution in [0, 0.1) is 0 Å². The Balaban J connectivity index is 2.19. The molecular weight excluding hydrogens is 296 g/mol. The van der Waals surface area contributed by atoms with Crippen molar-refractivity contribution in [2.24, 2.45) is 0 Å². The number of nitrogens with two attached hydrogens (primary N) is 1. The molecule has 0 aliphatic heterocycles. The summed E-state index contributed by atoms with van der Waals surface area (Å²) in [6, 6.07) is 3.38. The minimum Gasteiger partial charge on any atom is -0.435 e. The minimum absolute atomic E-state index is 0.125. The van der Waals surface area contributed by atoms with Crippen LogP contribution in [0.1, 0.15) is 26.5 Å². The zero-order chi connectivity index (χ0) is 14.5. The lowest BCUT2D eigenvalue weighted by Gasteiger charge is -2.15. The normalized spacial score (nSPS) is 12.2. The van der Waals surface area contributed by atoms with Gasteiger partial charge in [-0.15, -0.1) is 5.10 Å². The van der Waals surface area contributed by atoms with Gasteiger partial charge in [-0.2, -0.15) is 0 Å². The van der Waals surface area contributed by atoms with Gasteiger partial charge in [0.25, 0.3) is 0 Å². The SMILES string of the molecule is CC(C)(C)c1nnsc1-c1nc2cc(Cl)c(N)cc2o1. The summed E-state index contributed by atoms with van der Waals surface area (Å²) >= 11 is 7.27. The van der Waals surface area contributed by atoms with Crippen LogP contribution in [0.3, 0.4) is 0 Å². The highest BCUT2D eigenvalue weighted by molar-refractivity contribution is 7.09. The summed E-state index contributed by atoms with van der Waals surface area (Å²) in [6.45, 7) is 6.22. The molecule has 5 nitrogen and oxygen atoms in total. The number of hydrogen-bond donors (Lipinski definition) is 1. The summed E-state index contributed by atoms with van der Waals surface area (Å²) in [6.07, 6.45) is 0. The molecule has 104 valence electrons. The number of rotatable bonds is 1. The van der Waals surface area contributed by atoms with Crippen molar-refractivity contribution in [3.8, 4) is 10.8 Å². The molecule has 0 unspecified atom stereocenters. The van der Waals surface area contributed by atoms with E-state index in [0.29, 0.717) is 27.7 Å². The van der Waals surface area contributed by atoms with E-state index in [1.54, 1.807) is 12.1 Å². The lowest BCUT2D eigenvalue weighted by Crippen LogP contribution is -2.13. The molecule has 7 heteroatoms. The number of oxazole rings is 1. The summed E-state index contributed by atoms with van der Waals surface area (Å²) in [4.78, 5) is 5.29. The van der Waals surface area contributed by atoms with E-state index in [-0.39, 0.29) is 5.41 Å². The van der Waals surface area contributed by atoms with Gasteiger partial charge in [0.1, 0.15) is 10.4 Å². The van der Waals surface area contributed by atoms with Gasteiger partial charge >= 0.3 is 0 Å². The first-order valence-corrected chi connectivity index (χ1v) is 7.20. The smallest absolute Gasteiger partial charge is 0.241 e. The number of fused-ring (bicyclic) bond motifs is 1. The number of anilines is 1. The second-order valence-corrected chi connectivity index (χ2v) is 6.72. The summed E-state index contributed by atoms with van der Waals surface area (Å²) in [5.41, 5.74) is 8.27. The van der Waals surface area contributed by atoms with E-state index in [1.165, 1.54) is 11.5 Å². The van der Waals surface area contributed by atoms with Gasteiger partial charge in [0.2, 0.25) is 5.89 Å². The zero-order valence-electron chi connectivity index (χ0n) is 11.3. The maximum atomic E-state index is 6.00. The number of benzene rings is 1. The van der Waals surface area contributed by atoms with Gasteiger partial charge < -0.3 is 10.2 Å². The third-order valence-electron chi connectivity index (χ3n) is 2.90. The topological polar surface area (TPSA) is 77.8 Å². The van der Waals surface area contributed by atoms with Crippen LogP contribution in [0.15, 0.2) is 16.5 Å². The molecule has 0 bridgehead atoms. The third-order valence-corrected chi connectivity index (χ3v) is 3.94. The lowest BCUT2D eigenvalue weighted by molar-refractivity contribution is 0.561. The van der Waals surface area contributed by atoms with Crippen LogP contribution in [-0.2, 0) is 5.41 Å². The number of aromatic nitrogens is 3. The van der Waals surface area contributed by atoms with Crippen LogP contribution in [-0.4, -0.2) is 14.6 Å². The summed E-state index contributed by atoms with van der Waals surface area (Å²) in [7, 11) is 0. The number of halogens is 1. The van der Waals surface area contributed by atoms with E-state index >= 15 is 0 Å². The van der Waals surface area contributed by atoms with Crippen molar-refractivity contribution in [1.29, 1.82) is 0 Å². The van der Waals surface area contributed by atoms with Gasteiger partial charge in [0, 0.05) is 11.5 Å². The molecule has 2 N–H and O–H groups in total. The number of nitrogen functional groups attached to an aromatic ring is 1. The van der Waals surface area contributed by atoms with Gasteiger partial charge in [-0.25, -0.2) is 4.98 Å². The fourth-order valence-corrected chi connectivity index (χ4v) is 2.84. The Morgan fingerprint density at radius 3 is 2.75 bits per heavy atom. The molecule has 2 aromatic heterocycles. The molecule has 0 fully saturated rings. The molecule has 1 aromatic carbocycles. The monoisotopic (exact) mass is 308 g/mol. The molecule has 0 saturated carbocycles. The zero-order valence-corrected chi connectivity index (χ0v) is 12.8. The Bertz CT molecular complexity index is 748. The highest BCUT2D eigenvalue weighted by atomic mass is 35.5. The average Bonchev–Trinajstić information content (AvgIpc) is 2.94. The Hall–Kier alpha value is -1.66. The third kappa shape index (κ3) is 2.14. The molecular formula is C13H13ClN4OS. The Morgan fingerprint density at radius 2 is 2.05 bits per heavy atom. The highest BCUT2D eigenvalue weighted by Gasteiger charge is 2.26. The van der Waals surface area contributed by atoms with E-state index in [1.807, 2.05) is 0 Å². The van der Waals surface area contributed by atoms with Crippen molar-refractivity contribution in [2.75, 3.05) is 5.73 Å². The van der Waals surface area contributed by atoms with Crippen LogP contribution in [0.4, 0.5) is 5.69 Å². The predicted octanol–water partition coefficient (Wildman–Crippen LogP) is 3.88. The van der Waals surface area contributed by atoms with Crippen molar-refractivity contribution >= 4 is 39.9 Å². The first-order valence-electron chi connectivity index (χ1n) is 6.05. The van der Waals surface area contributed by atoms with Gasteiger partial charge in [0.15, 0.2) is 5.58 Å². The highest BCUT2D eigenvalue weighted by Crippen LogP contribution is 2.36. The average molecular weight is 309 g/mol. The van der Waals surface area contributed by atoms with Gasteiger partial charge in [-0.3, -0.25) is 0 Å². The quantitative estimate of drug-likeness (QED) is 0.690.